The minimum atomic E-state index is -3.37. The van der Waals surface area contributed by atoms with Gasteiger partial charge in [0, 0.05) is 23.9 Å². The highest BCUT2D eigenvalue weighted by atomic mass is 79.9. The fraction of sp³-hybridized carbons (Fsp3) is 0.400. The Labute approximate surface area is 110 Å². The first kappa shape index (κ1) is 14.0. The number of halogens is 2. The molecule has 0 bridgehead atoms. The molecule has 0 atom stereocenters. The van der Waals surface area contributed by atoms with Gasteiger partial charge in [-0.2, -0.15) is 0 Å². The SMILES string of the molecule is CN(CCCBr)S(=O)(=O)c1ccc(Cl)cc1. The number of sulfonamides is 1. The molecule has 16 heavy (non-hydrogen) atoms. The quantitative estimate of drug-likeness (QED) is 0.780. The van der Waals surface area contributed by atoms with Gasteiger partial charge in [0.2, 0.25) is 10.0 Å². The topological polar surface area (TPSA) is 37.4 Å². The Hall–Kier alpha value is -0.100. The molecule has 90 valence electrons. The highest BCUT2D eigenvalue weighted by Crippen LogP contribution is 2.17. The van der Waals surface area contributed by atoms with Crippen molar-refractivity contribution in [2.45, 2.75) is 11.3 Å². The zero-order valence-corrected chi connectivity index (χ0v) is 12.0. The lowest BCUT2D eigenvalue weighted by Crippen LogP contribution is -2.28. The zero-order chi connectivity index (χ0) is 12.2. The van der Waals surface area contributed by atoms with Crippen molar-refractivity contribution in [3.63, 3.8) is 0 Å². The Balaban J connectivity index is 2.89. The molecule has 6 heteroatoms. The molecule has 0 saturated carbocycles. The lowest BCUT2D eigenvalue weighted by atomic mass is 10.4. The van der Waals surface area contributed by atoms with E-state index in [4.69, 9.17) is 11.6 Å². The molecule has 1 aromatic rings. The molecular formula is C10H13BrClNO2S. The number of benzene rings is 1. The van der Waals surface area contributed by atoms with Gasteiger partial charge in [0.1, 0.15) is 0 Å². The standard InChI is InChI=1S/C10H13BrClNO2S/c1-13(8-2-7-11)16(14,15)10-5-3-9(12)4-6-10/h3-6H,2,7-8H2,1H3. The highest BCUT2D eigenvalue weighted by Gasteiger charge is 2.19. The van der Waals surface area contributed by atoms with E-state index in [9.17, 15) is 8.42 Å². The smallest absolute Gasteiger partial charge is 0.207 e. The van der Waals surface area contributed by atoms with Crippen LogP contribution in [0.3, 0.4) is 0 Å². The first-order chi connectivity index (χ1) is 7.48. The molecule has 0 spiro atoms. The Morgan fingerprint density at radius 3 is 2.38 bits per heavy atom. The van der Waals surface area contributed by atoms with Gasteiger partial charge in [0.15, 0.2) is 0 Å². The second kappa shape index (κ2) is 6.00. The van der Waals surface area contributed by atoms with Crippen LogP contribution in [-0.2, 0) is 10.0 Å². The molecule has 0 N–H and O–H groups in total. The molecule has 3 nitrogen and oxygen atoms in total. The number of hydrogen-bond acceptors (Lipinski definition) is 2. The molecule has 0 heterocycles. The Kier molecular flexibility index (Phi) is 5.24. The molecule has 1 aromatic carbocycles. The number of hydrogen-bond donors (Lipinski definition) is 0. The highest BCUT2D eigenvalue weighted by molar-refractivity contribution is 9.09. The van der Waals surface area contributed by atoms with Gasteiger partial charge in [-0.25, -0.2) is 12.7 Å². The van der Waals surface area contributed by atoms with E-state index >= 15 is 0 Å². The van der Waals surface area contributed by atoms with Crippen molar-refractivity contribution in [2.75, 3.05) is 18.9 Å². The maximum absolute atomic E-state index is 12.0. The third kappa shape index (κ3) is 3.45. The third-order valence-corrected chi connectivity index (χ3v) is 4.81. The minimum Gasteiger partial charge on any atom is -0.207 e. The van der Waals surface area contributed by atoms with Gasteiger partial charge in [0.25, 0.3) is 0 Å². The molecule has 0 aliphatic heterocycles. The van der Waals surface area contributed by atoms with E-state index in [-0.39, 0.29) is 4.90 Å². The lowest BCUT2D eigenvalue weighted by molar-refractivity contribution is 0.470. The van der Waals surface area contributed by atoms with Crippen LogP contribution in [0.15, 0.2) is 29.2 Å². The molecule has 1 rings (SSSR count). The van der Waals surface area contributed by atoms with Gasteiger partial charge in [-0.05, 0) is 30.7 Å². The van der Waals surface area contributed by atoms with Crippen molar-refractivity contribution in [3.8, 4) is 0 Å². The minimum absolute atomic E-state index is 0.272. The summed E-state index contributed by atoms with van der Waals surface area (Å²) in [6, 6.07) is 6.18. The van der Waals surface area contributed by atoms with Crippen LogP contribution in [0.2, 0.25) is 5.02 Å². The van der Waals surface area contributed by atoms with Crippen LogP contribution >= 0.6 is 27.5 Å². The van der Waals surface area contributed by atoms with E-state index in [1.54, 1.807) is 19.2 Å². The second-order valence-corrected chi connectivity index (χ2v) is 6.60. The van der Waals surface area contributed by atoms with Crippen molar-refractivity contribution < 1.29 is 8.42 Å². The fourth-order valence-corrected chi connectivity index (χ4v) is 2.78. The first-order valence-corrected chi connectivity index (χ1v) is 7.70. The van der Waals surface area contributed by atoms with Gasteiger partial charge < -0.3 is 0 Å². The fourth-order valence-electron chi connectivity index (χ4n) is 1.19. The molecule has 0 aromatic heterocycles. The summed E-state index contributed by atoms with van der Waals surface area (Å²) >= 11 is 8.98. The predicted octanol–water partition coefficient (Wildman–Crippen LogP) is 2.75. The summed E-state index contributed by atoms with van der Waals surface area (Å²) in [6.45, 7) is 0.496. The summed E-state index contributed by atoms with van der Waals surface area (Å²) < 4.78 is 25.4. The molecule has 0 aliphatic carbocycles. The molecule has 0 saturated heterocycles. The van der Waals surface area contributed by atoms with Crippen LogP contribution in [-0.4, -0.2) is 31.6 Å². The van der Waals surface area contributed by atoms with Gasteiger partial charge in [-0.1, -0.05) is 27.5 Å². The molecule has 0 fully saturated rings. The Morgan fingerprint density at radius 1 is 1.31 bits per heavy atom. The van der Waals surface area contributed by atoms with Gasteiger partial charge >= 0.3 is 0 Å². The van der Waals surface area contributed by atoms with Crippen LogP contribution in [0.1, 0.15) is 6.42 Å². The van der Waals surface area contributed by atoms with Crippen molar-refractivity contribution in [2.24, 2.45) is 0 Å². The van der Waals surface area contributed by atoms with Gasteiger partial charge in [0.05, 0.1) is 4.90 Å². The average molecular weight is 327 g/mol. The molecule has 0 amide bonds. The monoisotopic (exact) mass is 325 g/mol. The van der Waals surface area contributed by atoms with Crippen molar-refractivity contribution >= 4 is 37.6 Å². The summed E-state index contributed by atoms with van der Waals surface area (Å²) in [4.78, 5) is 0.272. The molecular weight excluding hydrogens is 314 g/mol. The van der Waals surface area contributed by atoms with E-state index in [1.807, 2.05) is 0 Å². The molecule has 0 aliphatic rings. The van der Waals surface area contributed by atoms with E-state index in [0.29, 0.717) is 11.6 Å². The normalized spacial score (nSPS) is 12.0. The maximum atomic E-state index is 12.0. The lowest BCUT2D eigenvalue weighted by Gasteiger charge is -2.16. The summed E-state index contributed by atoms with van der Waals surface area (Å²) in [7, 11) is -1.80. The van der Waals surface area contributed by atoms with Gasteiger partial charge in [-0.15, -0.1) is 0 Å². The number of rotatable bonds is 5. The van der Waals surface area contributed by atoms with Crippen LogP contribution in [0.5, 0.6) is 0 Å². The summed E-state index contributed by atoms with van der Waals surface area (Å²) in [6.07, 6.45) is 0.781. The van der Waals surface area contributed by atoms with E-state index in [0.717, 1.165) is 11.8 Å². The summed E-state index contributed by atoms with van der Waals surface area (Å²) in [5.74, 6) is 0. The summed E-state index contributed by atoms with van der Waals surface area (Å²) in [5, 5.41) is 1.31. The Bertz CT molecular complexity index is 433. The number of nitrogens with zero attached hydrogens (tertiary/aromatic N) is 1. The summed E-state index contributed by atoms with van der Waals surface area (Å²) in [5.41, 5.74) is 0. The second-order valence-electron chi connectivity index (χ2n) is 3.32. The van der Waals surface area contributed by atoms with Crippen LogP contribution < -0.4 is 0 Å². The molecule has 0 unspecified atom stereocenters. The van der Waals surface area contributed by atoms with Crippen LogP contribution in [0.25, 0.3) is 0 Å². The maximum Gasteiger partial charge on any atom is 0.242 e. The zero-order valence-electron chi connectivity index (χ0n) is 8.86. The molecule has 0 radical (unpaired) electrons. The predicted molar refractivity (Wildman–Crippen MR) is 69.7 cm³/mol. The third-order valence-electron chi connectivity index (χ3n) is 2.13. The number of alkyl halides is 1. The van der Waals surface area contributed by atoms with Crippen molar-refractivity contribution in [1.29, 1.82) is 0 Å². The van der Waals surface area contributed by atoms with E-state index in [1.165, 1.54) is 16.4 Å². The Morgan fingerprint density at radius 2 is 1.88 bits per heavy atom. The van der Waals surface area contributed by atoms with Crippen LogP contribution in [0.4, 0.5) is 0 Å². The van der Waals surface area contributed by atoms with Crippen molar-refractivity contribution in [1.82, 2.24) is 4.31 Å². The van der Waals surface area contributed by atoms with Gasteiger partial charge in [-0.3, -0.25) is 0 Å². The van der Waals surface area contributed by atoms with Crippen LogP contribution in [0, 0.1) is 0 Å². The average Bonchev–Trinajstić information content (AvgIpc) is 2.26. The largest absolute Gasteiger partial charge is 0.242 e. The van der Waals surface area contributed by atoms with Crippen molar-refractivity contribution in [3.05, 3.63) is 29.3 Å². The van der Waals surface area contributed by atoms with E-state index in [2.05, 4.69) is 15.9 Å². The first-order valence-electron chi connectivity index (χ1n) is 4.76. The van der Waals surface area contributed by atoms with E-state index < -0.39 is 10.0 Å².